The molecule has 1 aliphatic rings. The minimum Gasteiger partial charge on any atom is -0.380 e. The topological polar surface area (TPSA) is 59.6 Å². The molecule has 1 fully saturated rings. The maximum Gasteiger partial charge on any atom is 0.189 e. The molecule has 1 saturated carbocycles. The summed E-state index contributed by atoms with van der Waals surface area (Å²) in [4.78, 5) is 4.45. The smallest absolute Gasteiger partial charge is 0.189 e. The third kappa shape index (κ3) is 6.96. The van der Waals surface area contributed by atoms with Gasteiger partial charge in [0.15, 0.2) is 5.96 Å². The van der Waals surface area contributed by atoms with Crippen molar-refractivity contribution in [2.45, 2.75) is 57.7 Å². The highest BCUT2D eigenvalue weighted by Gasteiger charge is 2.12. The van der Waals surface area contributed by atoms with Gasteiger partial charge in [0.25, 0.3) is 0 Å². The van der Waals surface area contributed by atoms with Crippen LogP contribution in [0.25, 0.3) is 0 Å². The van der Waals surface area contributed by atoms with Gasteiger partial charge in [0.2, 0.25) is 0 Å². The second-order valence-electron chi connectivity index (χ2n) is 5.78. The molecule has 0 radical (unpaired) electrons. The Hall–Kier alpha value is -0.820. The first-order valence-electron chi connectivity index (χ1n) is 7.91. The molecule has 0 bridgehead atoms. The number of nitrogens with one attached hydrogen (secondary N) is 1. The minimum atomic E-state index is 0. The molecule has 0 heterocycles. The van der Waals surface area contributed by atoms with Gasteiger partial charge in [-0.15, -0.1) is 24.0 Å². The van der Waals surface area contributed by atoms with Gasteiger partial charge < -0.3 is 15.8 Å². The van der Waals surface area contributed by atoms with Crippen molar-refractivity contribution >= 4 is 29.9 Å². The first-order valence-corrected chi connectivity index (χ1v) is 7.91. The van der Waals surface area contributed by atoms with Gasteiger partial charge in [0, 0.05) is 13.2 Å². The molecular weight excluding hydrogens is 389 g/mol. The van der Waals surface area contributed by atoms with Crippen LogP contribution in [0.4, 0.5) is 0 Å². The fourth-order valence-electron chi connectivity index (χ4n) is 2.76. The van der Waals surface area contributed by atoms with Crippen LogP contribution in [0.2, 0.25) is 0 Å². The summed E-state index contributed by atoms with van der Waals surface area (Å²) >= 11 is 0. The van der Waals surface area contributed by atoms with Crippen LogP contribution in [0.1, 0.15) is 49.7 Å². The van der Waals surface area contributed by atoms with Crippen molar-refractivity contribution in [3.8, 4) is 0 Å². The van der Waals surface area contributed by atoms with Crippen molar-refractivity contribution in [1.82, 2.24) is 5.32 Å². The van der Waals surface area contributed by atoms with E-state index in [9.17, 15) is 0 Å². The summed E-state index contributed by atoms with van der Waals surface area (Å²) in [5, 5.41) is 3.37. The fourth-order valence-corrected chi connectivity index (χ4v) is 2.76. The molecule has 22 heavy (non-hydrogen) atoms. The SMILES string of the molecule is COCc1ccc(CN=C(N)NC2CCCCCC2)cc1.I. The minimum absolute atomic E-state index is 0. The third-order valence-electron chi connectivity index (χ3n) is 3.97. The molecule has 4 nitrogen and oxygen atoms in total. The van der Waals surface area contributed by atoms with Gasteiger partial charge in [-0.2, -0.15) is 0 Å². The van der Waals surface area contributed by atoms with Crippen LogP contribution in [-0.4, -0.2) is 19.1 Å². The number of hydrogen-bond acceptors (Lipinski definition) is 2. The lowest BCUT2D eigenvalue weighted by Crippen LogP contribution is -2.39. The van der Waals surface area contributed by atoms with Gasteiger partial charge in [-0.25, -0.2) is 4.99 Å². The van der Waals surface area contributed by atoms with Crippen molar-refractivity contribution in [3.63, 3.8) is 0 Å². The number of hydrogen-bond donors (Lipinski definition) is 2. The molecule has 0 spiro atoms. The van der Waals surface area contributed by atoms with Gasteiger partial charge in [-0.1, -0.05) is 49.9 Å². The molecule has 0 saturated heterocycles. The van der Waals surface area contributed by atoms with E-state index in [1.807, 2.05) is 0 Å². The average molecular weight is 417 g/mol. The molecule has 0 amide bonds. The molecule has 0 atom stereocenters. The summed E-state index contributed by atoms with van der Waals surface area (Å²) in [5.74, 6) is 0.572. The number of ether oxygens (including phenoxy) is 1. The Kier molecular flexibility index (Phi) is 9.47. The molecule has 5 heteroatoms. The maximum absolute atomic E-state index is 6.00. The van der Waals surface area contributed by atoms with Crippen molar-refractivity contribution in [2.75, 3.05) is 7.11 Å². The Bertz CT molecular complexity index is 440. The number of rotatable bonds is 5. The maximum atomic E-state index is 6.00. The van der Waals surface area contributed by atoms with E-state index < -0.39 is 0 Å². The van der Waals surface area contributed by atoms with Crippen molar-refractivity contribution < 1.29 is 4.74 Å². The Morgan fingerprint density at radius 1 is 1.14 bits per heavy atom. The number of halogens is 1. The number of nitrogens with two attached hydrogens (primary N) is 1. The first kappa shape index (κ1) is 19.2. The number of benzene rings is 1. The Balaban J connectivity index is 0.00000242. The Morgan fingerprint density at radius 3 is 2.32 bits per heavy atom. The predicted molar refractivity (Wildman–Crippen MR) is 103 cm³/mol. The number of nitrogens with zero attached hydrogens (tertiary/aromatic N) is 1. The van der Waals surface area contributed by atoms with Crippen LogP contribution in [0.15, 0.2) is 29.3 Å². The van der Waals surface area contributed by atoms with E-state index in [-0.39, 0.29) is 24.0 Å². The largest absolute Gasteiger partial charge is 0.380 e. The van der Waals surface area contributed by atoms with E-state index in [0.29, 0.717) is 25.2 Å². The second-order valence-corrected chi connectivity index (χ2v) is 5.78. The predicted octanol–water partition coefficient (Wildman–Crippen LogP) is 3.58. The molecule has 1 aromatic carbocycles. The van der Waals surface area contributed by atoms with Gasteiger partial charge >= 0.3 is 0 Å². The van der Waals surface area contributed by atoms with Crippen LogP contribution in [0, 0.1) is 0 Å². The van der Waals surface area contributed by atoms with Crippen LogP contribution in [0.5, 0.6) is 0 Å². The lowest BCUT2D eigenvalue weighted by molar-refractivity contribution is 0.185. The normalized spacial score (nSPS) is 16.7. The highest BCUT2D eigenvalue weighted by Crippen LogP contribution is 2.17. The summed E-state index contributed by atoms with van der Waals surface area (Å²) < 4.78 is 5.10. The van der Waals surface area contributed by atoms with Crippen LogP contribution < -0.4 is 11.1 Å². The Labute approximate surface area is 150 Å². The zero-order valence-corrected chi connectivity index (χ0v) is 15.7. The molecule has 0 aromatic heterocycles. The molecule has 0 aliphatic heterocycles. The van der Waals surface area contributed by atoms with E-state index in [1.165, 1.54) is 49.7 Å². The summed E-state index contributed by atoms with van der Waals surface area (Å²) in [5.41, 5.74) is 8.34. The summed E-state index contributed by atoms with van der Waals surface area (Å²) in [6, 6.07) is 8.81. The molecule has 1 aliphatic carbocycles. The molecule has 0 unspecified atom stereocenters. The van der Waals surface area contributed by atoms with E-state index in [4.69, 9.17) is 10.5 Å². The van der Waals surface area contributed by atoms with E-state index in [2.05, 4.69) is 34.6 Å². The molecule has 1 aromatic rings. The number of methoxy groups -OCH3 is 1. The van der Waals surface area contributed by atoms with E-state index >= 15 is 0 Å². The quantitative estimate of drug-likeness (QED) is 0.333. The van der Waals surface area contributed by atoms with Crippen LogP contribution in [0.3, 0.4) is 0 Å². The lowest BCUT2D eigenvalue weighted by atomic mass is 10.1. The van der Waals surface area contributed by atoms with Gasteiger partial charge in [-0.05, 0) is 24.0 Å². The fraction of sp³-hybridized carbons (Fsp3) is 0.588. The average Bonchev–Trinajstić information content (AvgIpc) is 2.75. The lowest BCUT2D eigenvalue weighted by Gasteiger charge is -2.16. The molecule has 124 valence electrons. The molecular formula is C17H28IN3O. The van der Waals surface area contributed by atoms with Gasteiger partial charge in [-0.3, -0.25) is 0 Å². The van der Waals surface area contributed by atoms with Crippen molar-refractivity contribution in [1.29, 1.82) is 0 Å². The summed E-state index contributed by atoms with van der Waals surface area (Å²) in [6.45, 7) is 1.27. The van der Waals surface area contributed by atoms with E-state index in [1.54, 1.807) is 7.11 Å². The zero-order chi connectivity index (χ0) is 14.9. The van der Waals surface area contributed by atoms with Crippen LogP contribution >= 0.6 is 24.0 Å². The van der Waals surface area contributed by atoms with Crippen molar-refractivity contribution in [2.24, 2.45) is 10.7 Å². The second kappa shape index (κ2) is 10.8. The summed E-state index contributed by atoms with van der Waals surface area (Å²) in [6.07, 6.45) is 7.72. The highest BCUT2D eigenvalue weighted by molar-refractivity contribution is 14.0. The molecule has 3 N–H and O–H groups in total. The van der Waals surface area contributed by atoms with E-state index in [0.717, 1.165) is 0 Å². The standard InChI is InChI=1S/C17H27N3O.HI/c1-21-13-15-10-8-14(9-11-15)12-19-17(18)20-16-6-4-2-3-5-7-16;/h8-11,16H,2-7,12-13H2,1H3,(H3,18,19,20);1H. The number of aliphatic imine (C=N–C) groups is 1. The monoisotopic (exact) mass is 417 g/mol. The number of guanidine groups is 1. The highest BCUT2D eigenvalue weighted by atomic mass is 127. The van der Waals surface area contributed by atoms with Crippen LogP contribution in [-0.2, 0) is 17.9 Å². The van der Waals surface area contributed by atoms with Gasteiger partial charge in [0.05, 0.1) is 13.2 Å². The summed E-state index contributed by atoms with van der Waals surface area (Å²) in [7, 11) is 1.71. The van der Waals surface area contributed by atoms with Gasteiger partial charge in [0.1, 0.15) is 0 Å². The third-order valence-corrected chi connectivity index (χ3v) is 3.97. The Morgan fingerprint density at radius 2 is 1.73 bits per heavy atom. The molecule has 2 rings (SSSR count). The van der Waals surface area contributed by atoms with Crippen molar-refractivity contribution in [3.05, 3.63) is 35.4 Å². The first-order chi connectivity index (χ1) is 10.3. The zero-order valence-electron chi connectivity index (χ0n) is 13.4.